The summed E-state index contributed by atoms with van der Waals surface area (Å²) in [5.41, 5.74) is 0.215. The molecule has 0 unspecified atom stereocenters. The van der Waals surface area contributed by atoms with E-state index in [-0.39, 0.29) is 52.6 Å². The Morgan fingerprint density at radius 2 is 2.08 bits per heavy atom. The molecule has 1 aromatic heterocycles. The lowest BCUT2D eigenvalue weighted by Gasteiger charge is -2.31. The van der Waals surface area contributed by atoms with Gasteiger partial charge in [0.05, 0.1) is 53.7 Å². The molecule has 0 spiro atoms. The Bertz CT molecular complexity index is 2230. The van der Waals surface area contributed by atoms with Gasteiger partial charge in [0.1, 0.15) is 18.4 Å². The number of thiazole rings is 1. The zero-order valence-electron chi connectivity index (χ0n) is 39.3. The number of rotatable bonds is 14. The van der Waals surface area contributed by atoms with Crippen LogP contribution in [0.5, 0.6) is 17.2 Å². The van der Waals surface area contributed by atoms with Crippen LogP contribution in [-0.2, 0) is 37.2 Å². The van der Waals surface area contributed by atoms with Crippen LogP contribution >= 0.6 is 11.3 Å². The molecule has 3 aliphatic heterocycles. The molecule has 0 aliphatic carbocycles. The fourth-order valence-electron chi connectivity index (χ4n) is 5.05. The molecule has 2 saturated heterocycles. The summed E-state index contributed by atoms with van der Waals surface area (Å²) in [4.78, 5) is 17.0. The van der Waals surface area contributed by atoms with E-state index in [0.29, 0.717) is 5.01 Å². The number of nitrogens with zero attached hydrogens (tertiary/aromatic N) is 2. The van der Waals surface area contributed by atoms with Gasteiger partial charge >= 0.3 is 6.09 Å². The molecule has 15 heteroatoms. The average molecular weight is 718 g/mol. The number of fused-ring (bicyclic) bond motifs is 2. The summed E-state index contributed by atoms with van der Waals surface area (Å²) in [7, 11) is -5.48. The zero-order chi connectivity index (χ0) is 46.1. The van der Waals surface area contributed by atoms with Crippen molar-refractivity contribution in [3.63, 3.8) is 0 Å². The first kappa shape index (κ1) is 20.9. The molecule has 13 nitrogen and oxygen atoms in total. The lowest BCUT2D eigenvalue weighted by Crippen LogP contribution is -2.51. The number of aliphatic hydroxyl groups is 1. The van der Waals surface area contributed by atoms with E-state index in [0.717, 1.165) is 18.2 Å². The van der Waals surface area contributed by atoms with E-state index in [1.165, 1.54) is 41.0 Å². The molecule has 4 heterocycles. The third kappa shape index (κ3) is 8.21. The van der Waals surface area contributed by atoms with E-state index in [4.69, 9.17) is 47.6 Å². The number of hydrogen-bond donors (Lipinski definition) is 2. The largest absolute Gasteiger partial charge is 0.487 e. The summed E-state index contributed by atoms with van der Waals surface area (Å²) >= 11 is 1.20. The minimum Gasteiger partial charge on any atom is -0.487 e. The maximum absolute atomic E-state index is 14.5. The van der Waals surface area contributed by atoms with Gasteiger partial charge in [0.25, 0.3) is 0 Å². The number of aliphatic hydroxyl groups excluding tert-OH is 1. The summed E-state index contributed by atoms with van der Waals surface area (Å²) in [6.07, 6.45) is -8.32. The molecule has 3 aromatic rings. The molecule has 6 rings (SSSR count). The van der Waals surface area contributed by atoms with Crippen LogP contribution in [-0.4, -0.2) is 86.4 Å². The molecule has 48 heavy (non-hydrogen) atoms. The van der Waals surface area contributed by atoms with Crippen LogP contribution in [0.4, 0.5) is 4.79 Å². The highest BCUT2D eigenvalue weighted by molar-refractivity contribution is 7.89. The summed E-state index contributed by atoms with van der Waals surface area (Å²) < 4.78 is 177. The van der Waals surface area contributed by atoms with E-state index >= 15 is 0 Å². The molecular formula is C33H41N3O10S2. The van der Waals surface area contributed by atoms with Crippen molar-refractivity contribution in [2.24, 2.45) is 11.8 Å². The Morgan fingerprint density at radius 1 is 1.27 bits per heavy atom. The van der Waals surface area contributed by atoms with Gasteiger partial charge in [0, 0.05) is 36.8 Å². The lowest BCUT2D eigenvalue weighted by molar-refractivity contribution is -0.0907. The van der Waals surface area contributed by atoms with Gasteiger partial charge in [0.15, 0.2) is 17.8 Å². The van der Waals surface area contributed by atoms with Crippen molar-refractivity contribution in [1.29, 1.82) is 0 Å². The molecule has 2 aromatic carbocycles. The normalized spacial score (nSPS) is 29.6. The summed E-state index contributed by atoms with van der Waals surface area (Å²) in [6, 6.07) is 6.45. The van der Waals surface area contributed by atoms with Gasteiger partial charge < -0.3 is 38.8 Å². The van der Waals surface area contributed by atoms with Crippen molar-refractivity contribution < 1.29 is 65.9 Å². The molecule has 0 bridgehead atoms. The monoisotopic (exact) mass is 717 g/mol. The molecule has 0 saturated carbocycles. The number of carbonyl (C=O) groups is 1. The summed E-state index contributed by atoms with van der Waals surface area (Å²) in [5.74, 6) is -5.41. The second kappa shape index (κ2) is 15.0. The highest BCUT2D eigenvalue weighted by Crippen LogP contribution is 2.35. The van der Waals surface area contributed by atoms with Gasteiger partial charge in [-0.3, -0.25) is 0 Å². The van der Waals surface area contributed by atoms with Gasteiger partial charge in [-0.1, -0.05) is 25.8 Å². The highest BCUT2D eigenvalue weighted by atomic mass is 32.2. The SMILES string of the molecule is [2H]C([2H])(Oc1ccc(C[C@H](NC(=O)O[C@]2([2H])[C@@H]3CCO[C@@H]3OC2([2H])[2H])[C@H](O)CN(C([2H])([2H])C([2H])(C([2H])([2H])[2H])C([2H])([2H])[2H])S(=O)(=O)c2ccc3c(c2)OCO3)cc1)c1csc(C)n1. The lowest BCUT2D eigenvalue weighted by atomic mass is 10.0. The predicted molar refractivity (Wildman–Crippen MR) is 174 cm³/mol. The minimum atomic E-state index is -5.48. The standard InChI is InChI=1S/C33H41N3O10S2/c1-20(2)14-36(48(39,40)25-8-9-29-30(13-25)45-19-44-29)15-28(37)27(35-33(38)46-31-17-43-32-26(31)10-11-41-32)12-22-4-6-24(7-5-22)42-16-23-18-47-21(3)34-23/h4-9,13,18,20,26-28,31-32,37H,10-12,14-17,19H2,1-3H3,(H,35,38)/t26-,27-,28+,31-,32+/m0/s1/i1D3,2D3,14D2,16D2,17D2,20D,31D. The maximum Gasteiger partial charge on any atom is 0.407 e. The number of ether oxygens (including phenoxy) is 6. The number of hydrogen-bond acceptors (Lipinski definition) is 12. The Morgan fingerprint density at radius 3 is 2.85 bits per heavy atom. The Kier molecular flexibility index (Phi) is 6.52. The van der Waals surface area contributed by atoms with Crippen molar-refractivity contribution in [3.8, 4) is 17.2 Å². The number of nitrogens with one attached hydrogen (secondary N) is 1. The van der Waals surface area contributed by atoms with Crippen LogP contribution in [0.25, 0.3) is 0 Å². The van der Waals surface area contributed by atoms with Gasteiger partial charge in [-0.05, 0) is 55.5 Å². The van der Waals surface area contributed by atoms with E-state index in [9.17, 15) is 18.3 Å². The van der Waals surface area contributed by atoms with Crippen LogP contribution in [0, 0.1) is 18.7 Å². The third-order valence-corrected chi connectivity index (χ3v) is 9.86. The van der Waals surface area contributed by atoms with Crippen molar-refractivity contribution in [2.75, 3.05) is 33.0 Å². The van der Waals surface area contributed by atoms with Gasteiger partial charge in [-0.15, -0.1) is 11.3 Å². The van der Waals surface area contributed by atoms with Gasteiger partial charge in [0.2, 0.25) is 16.8 Å². The number of benzene rings is 2. The highest BCUT2D eigenvalue weighted by Gasteiger charge is 2.44. The molecule has 5 atom stereocenters. The molecule has 3 aliphatic rings. The fourth-order valence-corrected chi connectivity index (χ4v) is 6.89. The quantitative estimate of drug-likeness (QED) is 0.250. The number of sulfonamides is 1. The van der Waals surface area contributed by atoms with Gasteiger partial charge in [-0.2, -0.15) is 4.31 Å². The Balaban J connectivity index is 1.38. The van der Waals surface area contributed by atoms with Crippen LogP contribution < -0.4 is 19.5 Å². The van der Waals surface area contributed by atoms with E-state index in [1.54, 1.807) is 6.92 Å². The van der Waals surface area contributed by atoms with Crippen molar-refractivity contribution in [2.45, 2.75) is 69.4 Å². The van der Waals surface area contributed by atoms with E-state index < -0.39 is 104 Å². The topological polar surface area (TPSA) is 155 Å². The molecule has 2 N–H and O–H groups in total. The van der Waals surface area contributed by atoms with Crippen LogP contribution in [0.15, 0.2) is 52.7 Å². The molecule has 0 radical (unpaired) electrons. The predicted octanol–water partition coefficient (Wildman–Crippen LogP) is 3.87. The number of aryl methyl sites for hydroxylation is 1. The number of aromatic nitrogens is 1. The maximum atomic E-state index is 14.5. The third-order valence-electron chi connectivity index (χ3n) is 7.42. The summed E-state index contributed by atoms with van der Waals surface area (Å²) in [5, 5.41) is 16.2. The first-order valence-electron chi connectivity index (χ1n) is 21.5. The molecule has 260 valence electrons. The molecule has 2 fully saturated rings. The zero-order valence-corrected chi connectivity index (χ0v) is 26.9. The first-order valence-corrected chi connectivity index (χ1v) is 16.9. The van der Waals surface area contributed by atoms with Crippen LogP contribution in [0.1, 0.15) is 55.6 Å². The number of amides is 1. The molecular weight excluding hydrogens is 663 g/mol. The van der Waals surface area contributed by atoms with E-state index in [1.807, 2.05) is 0 Å². The molecule has 1 amide bonds. The van der Waals surface area contributed by atoms with Crippen molar-refractivity contribution in [3.05, 3.63) is 64.1 Å². The smallest absolute Gasteiger partial charge is 0.407 e. The van der Waals surface area contributed by atoms with Crippen LogP contribution in [0.2, 0.25) is 0 Å². The van der Waals surface area contributed by atoms with E-state index in [2.05, 4.69) is 10.3 Å². The number of alkyl carbamates (subject to hydrolysis) is 1. The number of carbonyl (C=O) groups excluding carboxylic acids is 1. The van der Waals surface area contributed by atoms with Gasteiger partial charge in [-0.25, -0.2) is 18.2 Å². The van der Waals surface area contributed by atoms with Crippen molar-refractivity contribution in [1.82, 2.24) is 14.6 Å². The average Bonchev–Trinajstić information content (AvgIpc) is 3.96. The Hall–Kier alpha value is -3.47. The van der Waals surface area contributed by atoms with Crippen molar-refractivity contribution >= 4 is 27.5 Å². The first-order chi connectivity index (χ1) is 28.4. The minimum absolute atomic E-state index is 0.00266. The second-order valence-corrected chi connectivity index (χ2v) is 13.7. The second-order valence-electron chi connectivity index (χ2n) is 10.8. The van der Waals surface area contributed by atoms with Crippen LogP contribution in [0.3, 0.4) is 0 Å². The Labute approximate surface area is 303 Å². The fraction of sp³-hybridized carbons (Fsp3) is 0.515. The summed E-state index contributed by atoms with van der Waals surface area (Å²) in [6.45, 7) is -17.7.